The standard InChI is InChI=1S/C14H21IN2/c1-10-4-2-3-5-11(10)9-17-14-7-6-12(16)8-13(14)15/h6-8,10-11,17H,2-5,9,16H2,1H3. The number of hydrogen-bond donors (Lipinski definition) is 2. The fourth-order valence-corrected chi connectivity index (χ4v) is 3.34. The minimum atomic E-state index is 0.831. The summed E-state index contributed by atoms with van der Waals surface area (Å²) in [6.07, 6.45) is 5.58. The Morgan fingerprint density at radius 1 is 1.35 bits per heavy atom. The van der Waals surface area contributed by atoms with E-state index in [4.69, 9.17) is 5.73 Å². The molecule has 0 radical (unpaired) electrons. The molecule has 17 heavy (non-hydrogen) atoms. The Bertz CT molecular complexity index is 378. The third-order valence-electron chi connectivity index (χ3n) is 3.84. The number of halogens is 1. The molecule has 1 saturated carbocycles. The summed E-state index contributed by atoms with van der Waals surface area (Å²) < 4.78 is 1.21. The van der Waals surface area contributed by atoms with Gasteiger partial charge in [0.1, 0.15) is 0 Å². The molecule has 1 aliphatic carbocycles. The Morgan fingerprint density at radius 3 is 2.82 bits per heavy atom. The van der Waals surface area contributed by atoms with E-state index in [1.165, 1.54) is 34.9 Å². The van der Waals surface area contributed by atoms with E-state index >= 15 is 0 Å². The summed E-state index contributed by atoms with van der Waals surface area (Å²) >= 11 is 2.34. The van der Waals surface area contributed by atoms with Crippen LogP contribution in [-0.2, 0) is 0 Å². The molecule has 2 nitrogen and oxygen atoms in total. The quantitative estimate of drug-likeness (QED) is 0.640. The Hall–Kier alpha value is -0.450. The topological polar surface area (TPSA) is 38.0 Å². The normalized spacial score (nSPS) is 24.6. The highest BCUT2D eigenvalue weighted by molar-refractivity contribution is 14.1. The van der Waals surface area contributed by atoms with Crippen LogP contribution in [0.3, 0.4) is 0 Å². The number of nitrogen functional groups attached to an aromatic ring is 1. The first-order chi connectivity index (χ1) is 8.16. The summed E-state index contributed by atoms with van der Waals surface area (Å²) in [7, 11) is 0. The number of anilines is 2. The molecule has 0 saturated heterocycles. The van der Waals surface area contributed by atoms with Crippen LogP contribution in [0, 0.1) is 15.4 Å². The van der Waals surface area contributed by atoms with Gasteiger partial charge in [0.15, 0.2) is 0 Å². The van der Waals surface area contributed by atoms with Gasteiger partial charge < -0.3 is 11.1 Å². The zero-order valence-electron chi connectivity index (χ0n) is 10.4. The molecule has 0 bridgehead atoms. The lowest BCUT2D eigenvalue weighted by Gasteiger charge is -2.29. The van der Waals surface area contributed by atoms with Gasteiger partial charge in [0.05, 0.1) is 0 Å². The fraction of sp³-hybridized carbons (Fsp3) is 0.571. The van der Waals surface area contributed by atoms with Crippen molar-refractivity contribution in [2.75, 3.05) is 17.6 Å². The van der Waals surface area contributed by atoms with Gasteiger partial charge in [-0.25, -0.2) is 0 Å². The van der Waals surface area contributed by atoms with Crippen LogP contribution in [0.5, 0.6) is 0 Å². The van der Waals surface area contributed by atoms with Crippen molar-refractivity contribution in [2.45, 2.75) is 32.6 Å². The molecule has 1 aromatic rings. The second-order valence-corrected chi connectivity index (χ2v) is 6.30. The average Bonchev–Trinajstić information content (AvgIpc) is 2.30. The zero-order chi connectivity index (χ0) is 12.3. The van der Waals surface area contributed by atoms with Gasteiger partial charge in [0, 0.05) is 21.5 Å². The number of benzene rings is 1. The minimum absolute atomic E-state index is 0.831. The van der Waals surface area contributed by atoms with Crippen molar-refractivity contribution < 1.29 is 0 Å². The molecule has 0 spiro atoms. The minimum Gasteiger partial charge on any atom is -0.399 e. The largest absolute Gasteiger partial charge is 0.399 e. The van der Waals surface area contributed by atoms with Gasteiger partial charge in [-0.15, -0.1) is 0 Å². The molecule has 2 rings (SSSR count). The van der Waals surface area contributed by atoms with Gasteiger partial charge in [0.2, 0.25) is 0 Å². The first-order valence-corrected chi connectivity index (χ1v) is 7.53. The molecule has 0 heterocycles. The predicted octanol–water partition coefficient (Wildman–Crippen LogP) is 4.11. The maximum absolute atomic E-state index is 5.76. The van der Waals surface area contributed by atoms with E-state index in [2.05, 4.69) is 40.9 Å². The Balaban J connectivity index is 1.92. The summed E-state index contributed by atoms with van der Waals surface area (Å²) in [4.78, 5) is 0. The smallest absolute Gasteiger partial charge is 0.0477 e. The molecule has 1 aliphatic rings. The Labute approximate surface area is 117 Å². The second-order valence-electron chi connectivity index (χ2n) is 5.14. The van der Waals surface area contributed by atoms with Crippen LogP contribution in [0.25, 0.3) is 0 Å². The number of nitrogens with one attached hydrogen (secondary N) is 1. The highest BCUT2D eigenvalue weighted by Gasteiger charge is 2.20. The molecule has 0 aromatic heterocycles. The number of nitrogens with two attached hydrogens (primary N) is 1. The van der Waals surface area contributed by atoms with Crippen molar-refractivity contribution in [3.05, 3.63) is 21.8 Å². The van der Waals surface area contributed by atoms with Gasteiger partial charge in [-0.2, -0.15) is 0 Å². The number of hydrogen-bond acceptors (Lipinski definition) is 2. The summed E-state index contributed by atoms with van der Waals surface area (Å²) in [6.45, 7) is 3.49. The van der Waals surface area contributed by atoms with E-state index in [1.54, 1.807) is 0 Å². The maximum Gasteiger partial charge on any atom is 0.0477 e. The molecule has 2 atom stereocenters. The van der Waals surface area contributed by atoms with Gasteiger partial charge in [0.25, 0.3) is 0 Å². The summed E-state index contributed by atoms with van der Waals surface area (Å²) in [5.74, 6) is 1.69. The summed E-state index contributed by atoms with van der Waals surface area (Å²) in [5.41, 5.74) is 7.81. The molecule has 3 N–H and O–H groups in total. The lowest BCUT2D eigenvalue weighted by atomic mass is 9.80. The van der Waals surface area contributed by atoms with Gasteiger partial charge in [-0.3, -0.25) is 0 Å². The van der Waals surface area contributed by atoms with Crippen molar-refractivity contribution in [3.63, 3.8) is 0 Å². The Kier molecular flexibility index (Phi) is 4.54. The van der Waals surface area contributed by atoms with Gasteiger partial charge in [-0.05, 0) is 59.0 Å². The fourth-order valence-electron chi connectivity index (χ4n) is 2.61. The van der Waals surface area contributed by atoms with Gasteiger partial charge >= 0.3 is 0 Å². The molecule has 2 unspecified atom stereocenters. The Morgan fingerprint density at radius 2 is 2.12 bits per heavy atom. The molecular weight excluding hydrogens is 323 g/mol. The molecule has 1 fully saturated rings. The first-order valence-electron chi connectivity index (χ1n) is 6.45. The van der Waals surface area contributed by atoms with Crippen molar-refractivity contribution in [2.24, 2.45) is 11.8 Å². The highest BCUT2D eigenvalue weighted by atomic mass is 127. The molecule has 0 amide bonds. The van der Waals surface area contributed by atoms with E-state index in [-0.39, 0.29) is 0 Å². The lowest BCUT2D eigenvalue weighted by Crippen LogP contribution is -2.24. The van der Waals surface area contributed by atoms with E-state index in [0.29, 0.717) is 0 Å². The summed E-state index contributed by atoms with van der Waals surface area (Å²) in [5, 5.41) is 3.58. The van der Waals surface area contributed by atoms with Gasteiger partial charge in [-0.1, -0.05) is 26.2 Å². The molecule has 94 valence electrons. The van der Waals surface area contributed by atoms with Crippen LogP contribution in [0.15, 0.2) is 18.2 Å². The number of rotatable bonds is 3. The van der Waals surface area contributed by atoms with E-state index in [9.17, 15) is 0 Å². The van der Waals surface area contributed by atoms with Crippen LogP contribution < -0.4 is 11.1 Å². The molecule has 3 heteroatoms. The molecule has 1 aromatic carbocycles. The van der Waals surface area contributed by atoms with Crippen molar-refractivity contribution in [1.29, 1.82) is 0 Å². The highest BCUT2D eigenvalue weighted by Crippen LogP contribution is 2.30. The van der Waals surface area contributed by atoms with Crippen LogP contribution in [-0.4, -0.2) is 6.54 Å². The molecule has 0 aliphatic heterocycles. The monoisotopic (exact) mass is 344 g/mol. The van der Waals surface area contributed by atoms with Crippen molar-refractivity contribution >= 4 is 34.0 Å². The van der Waals surface area contributed by atoms with Crippen molar-refractivity contribution in [1.82, 2.24) is 0 Å². The van der Waals surface area contributed by atoms with Crippen LogP contribution in [0.4, 0.5) is 11.4 Å². The van der Waals surface area contributed by atoms with E-state index < -0.39 is 0 Å². The van der Waals surface area contributed by atoms with E-state index in [1.807, 2.05) is 12.1 Å². The SMILES string of the molecule is CC1CCCCC1CNc1ccc(N)cc1I. The lowest BCUT2D eigenvalue weighted by molar-refractivity contribution is 0.268. The third kappa shape index (κ3) is 3.50. The van der Waals surface area contributed by atoms with Crippen molar-refractivity contribution in [3.8, 4) is 0 Å². The van der Waals surface area contributed by atoms with Crippen LogP contribution in [0.2, 0.25) is 0 Å². The average molecular weight is 344 g/mol. The second kappa shape index (κ2) is 5.94. The predicted molar refractivity (Wildman–Crippen MR) is 83.2 cm³/mol. The van der Waals surface area contributed by atoms with Crippen LogP contribution in [0.1, 0.15) is 32.6 Å². The molecular formula is C14H21IN2. The summed E-state index contributed by atoms with van der Waals surface area (Å²) in [6, 6.07) is 6.08. The zero-order valence-corrected chi connectivity index (χ0v) is 12.5. The third-order valence-corrected chi connectivity index (χ3v) is 4.73. The van der Waals surface area contributed by atoms with Crippen LogP contribution >= 0.6 is 22.6 Å². The first kappa shape index (κ1) is 13.0. The maximum atomic E-state index is 5.76. The van der Waals surface area contributed by atoms with E-state index in [0.717, 1.165) is 24.1 Å².